The van der Waals surface area contributed by atoms with Gasteiger partial charge in [-0.25, -0.2) is 4.98 Å². The summed E-state index contributed by atoms with van der Waals surface area (Å²) >= 11 is 0. The van der Waals surface area contributed by atoms with Crippen molar-refractivity contribution in [1.29, 1.82) is 0 Å². The van der Waals surface area contributed by atoms with Gasteiger partial charge >= 0.3 is 0 Å². The molecule has 2 heterocycles. The van der Waals surface area contributed by atoms with Crippen LogP contribution in [-0.2, 0) is 11.2 Å². The second-order valence-electron chi connectivity index (χ2n) is 7.29. The van der Waals surface area contributed by atoms with E-state index in [2.05, 4.69) is 4.98 Å². The minimum atomic E-state index is -0.469. The van der Waals surface area contributed by atoms with Crippen LogP contribution >= 0.6 is 0 Å². The maximum absolute atomic E-state index is 12.6. The molecule has 2 atom stereocenters. The first kappa shape index (κ1) is 18.4. The predicted molar refractivity (Wildman–Crippen MR) is 103 cm³/mol. The number of amides is 1. The lowest BCUT2D eigenvalue weighted by atomic mass is 10.0. The van der Waals surface area contributed by atoms with Crippen molar-refractivity contribution in [3.63, 3.8) is 0 Å². The van der Waals surface area contributed by atoms with Crippen molar-refractivity contribution < 1.29 is 19.4 Å². The van der Waals surface area contributed by atoms with Crippen molar-refractivity contribution in [2.24, 2.45) is 0 Å². The van der Waals surface area contributed by atoms with Crippen LogP contribution in [-0.4, -0.2) is 44.7 Å². The van der Waals surface area contributed by atoms with Gasteiger partial charge in [-0.05, 0) is 37.5 Å². The topological polar surface area (TPSA) is 104 Å². The molecule has 1 saturated heterocycles. The summed E-state index contributed by atoms with van der Waals surface area (Å²) in [4.78, 5) is 31.2. The van der Waals surface area contributed by atoms with Crippen LogP contribution in [0.1, 0.15) is 31.7 Å². The van der Waals surface area contributed by atoms with Crippen molar-refractivity contribution in [3.8, 4) is 17.2 Å². The molecular weight excluding hydrogens is 360 g/mol. The first-order valence-corrected chi connectivity index (χ1v) is 9.48. The number of β-amino-alcohol motifs (C(OH)–C–C–N with tert-alkyl or cyclic N) is 1. The summed E-state index contributed by atoms with van der Waals surface area (Å²) in [6.45, 7) is 2.36. The summed E-state index contributed by atoms with van der Waals surface area (Å²) < 4.78 is 5.68. The number of aromatic hydroxyl groups is 1. The van der Waals surface area contributed by atoms with Gasteiger partial charge in [-0.15, -0.1) is 0 Å². The zero-order valence-electron chi connectivity index (χ0n) is 15.6. The van der Waals surface area contributed by atoms with E-state index in [0.717, 1.165) is 6.42 Å². The molecule has 1 aromatic carbocycles. The average molecular weight is 382 g/mol. The Balaban J connectivity index is 1.57. The van der Waals surface area contributed by atoms with Crippen LogP contribution in [0.25, 0.3) is 22.6 Å². The van der Waals surface area contributed by atoms with Gasteiger partial charge in [-0.2, -0.15) is 0 Å². The normalized spacial score (nSPS) is 19.6. The molecule has 7 heteroatoms. The summed E-state index contributed by atoms with van der Waals surface area (Å²) in [5.41, 5.74) is 1.80. The second-order valence-corrected chi connectivity index (χ2v) is 7.29. The minimum absolute atomic E-state index is 0.0467. The number of hydrogen-bond acceptors (Lipinski definition) is 6. The third-order valence-corrected chi connectivity index (χ3v) is 5.34. The number of rotatable bonds is 4. The molecule has 0 radical (unpaired) electrons. The average Bonchev–Trinajstić information content (AvgIpc) is 3.05. The zero-order valence-corrected chi connectivity index (χ0v) is 15.6. The Morgan fingerprint density at radius 2 is 2.14 bits per heavy atom. The van der Waals surface area contributed by atoms with Gasteiger partial charge < -0.3 is 19.5 Å². The highest BCUT2D eigenvalue weighted by Crippen LogP contribution is 2.27. The Morgan fingerprint density at radius 1 is 1.32 bits per heavy atom. The van der Waals surface area contributed by atoms with Crippen LogP contribution in [0.4, 0.5) is 0 Å². The number of aliphatic hydroxyl groups excluding tert-OH is 1. The number of phenolic OH excluding ortho intramolecular Hbond substituents is 1. The maximum atomic E-state index is 12.6. The minimum Gasteiger partial charge on any atom is -0.508 e. The van der Waals surface area contributed by atoms with Crippen LogP contribution in [0, 0.1) is 0 Å². The van der Waals surface area contributed by atoms with Crippen LogP contribution < -0.4 is 5.43 Å². The highest BCUT2D eigenvalue weighted by Gasteiger charge is 2.32. The number of nitrogens with zero attached hydrogens (tertiary/aromatic N) is 2. The highest BCUT2D eigenvalue weighted by molar-refractivity contribution is 5.78. The smallest absolute Gasteiger partial charge is 0.223 e. The monoisotopic (exact) mass is 382 g/mol. The molecule has 7 nitrogen and oxygen atoms in total. The first-order chi connectivity index (χ1) is 13.4. The molecule has 2 aliphatic heterocycles. The molecule has 1 aromatic rings. The lowest BCUT2D eigenvalue weighted by Crippen LogP contribution is -2.36. The molecule has 0 aromatic heterocycles. The number of carbonyl (C=O) groups is 1. The lowest BCUT2D eigenvalue weighted by Gasteiger charge is -2.23. The molecule has 3 aliphatic rings. The molecule has 28 heavy (non-hydrogen) atoms. The fourth-order valence-electron chi connectivity index (χ4n) is 3.85. The van der Waals surface area contributed by atoms with E-state index < -0.39 is 6.10 Å². The van der Waals surface area contributed by atoms with E-state index in [9.17, 15) is 19.8 Å². The number of likely N-dealkylation sites (tertiary alicyclic amines) is 1. The van der Waals surface area contributed by atoms with E-state index in [1.807, 2.05) is 6.92 Å². The third-order valence-electron chi connectivity index (χ3n) is 5.34. The molecular formula is C21H22N2O5. The molecule has 2 N–H and O–H groups in total. The van der Waals surface area contributed by atoms with E-state index >= 15 is 0 Å². The zero-order chi connectivity index (χ0) is 19.8. The number of aliphatic hydroxyl groups is 1. The summed E-state index contributed by atoms with van der Waals surface area (Å²) in [6, 6.07) is 7.72. The number of carbonyl (C=O) groups excluding carboxylic acids is 1. The molecule has 0 bridgehead atoms. The van der Waals surface area contributed by atoms with E-state index in [0.29, 0.717) is 47.5 Å². The molecule has 0 spiro atoms. The summed E-state index contributed by atoms with van der Waals surface area (Å²) in [5.74, 6) is 0.355. The maximum Gasteiger partial charge on any atom is 0.223 e. The van der Waals surface area contributed by atoms with Gasteiger partial charge in [0.15, 0.2) is 16.8 Å². The Kier molecular flexibility index (Phi) is 4.77. The molecule has 1 fully saturated rings. The molecule has 0 saturated carbocycles. The van der Waals surface area contributed by atoms with Gasteiger partial charge in [0.1, 0.15) is 17.0 Å². The molecule has 146 valence electrons. The third kappa shape index (κ3) is 3.45. The summed E-state index contributed by atoms with van der Waals surface area (Å²) in [7, 11) is 0. The van der Waals surface area contributed by atoms with Gasteiger partial charge in [0.2, 0.25) is 5.91 Å². The number of fused-ring (bicyclic) bond motifs is 2. The molecule has 0 unspecified atom stereocenters. The Labute approximate surface area is 161 Å². The van der Waals surface area contributed by atoms with Crippen LogP contribution in [0.3, 0.4) is 0 Å². The quantitative estimate of drug-likeness (QED) is 0.671. The lowest BCUT2D eigenvalue weighted by molar-refractivity contribution is -0.132. The van der Waals surface area contributed by atoms with E-state index in [-0.39, 0.29) is 29.5 Å². The van der Waals surface area contributed by atoms with Crippen LogP contribution in [0.15, 0.2) is 39.5 Å². The SMILES string of the molecule is CC[C@@H]1C[C@@H](O)CN1C(=O)CCc1cc2nc3ccc(O)cc3oc-2cc1=O. The van der Waals surface area contributed by atoms with Crippen molar-refractivity contribution >= 4 is 17.0 Å². The number of hydrogen-bond donors (Lipinski definition) is 2. The molecule has 1 amide bonds. The van der Waals surface area contributed by atoms with Crippen molar-refractivity contribution in [1.82, 2.24) is 9.88 Å². The van der Waals surface area contributed by atoms with Crippen LogP contribution in [0.5, 0.6) is 5.75 Å². The van der Waals surface area contributed by atoms with Gasteiger partial charge in [0.05, 0.1) is 6.10 Å². The summed E-state index contributed by atoms with van der Waals surface area (Å²) in [6.07, 6.45) is 1.47. The standard InChI is InChI=1S/C21H22N2O5/c1-2-13-8-15(25)11-23(13)21(27)6-3-12-7-17-20(10-18(12)26)28-19-9-14(24)4-5-16(19)22-17/h4-5,7,9-10,13,15,24-25H,2-3,6,8,11H2,1H3/t13-,15-/m1/s1. The first-order valence-electron chi connectivity index (χ1n) is 9.48. The van der Waals surface area contributed by atoms with E-state index in [1.165, 1.54) is 18.2 Å². The number of phenols is 1. The second kappa shape index (κ2) is 7.24. The Hall–Kier alpha value is -2.93. The van der Waals surface area contributed by atoms with E-state index in [4.69, 9.17) is 4.42 Å². The molecule has 1 aliphatic carbocycles. The van der Waals surface area contributed by atoms with E-state index in [1.54, 1.807) is 17.0 Å². The number of benzene rings is 2. The van der Waals surface area contributed by atoms with Crippen molar-refractivity contribution in [3.05, 3.63) is 46.1 Å². The number of aromatic nitrogens is 1. The summed E-state index contributed by atoms with van der Waals surface area (Å²) in [5, 5.41) is 19.4. The largest absolute Gasteiger partial charge is 0.508 e. The highest BCUT2D eigenvalue weighted by atomic mass is 16.3. The Bertz CT molecular complexity index is 1060. The Morgan fingerprint density at radius 3 is 2.93 bits per heavy atom. The van der Waals surface area contributed by atoms with Crippen molar-refractivity contribution in [2.45, 2.75) is 44.8 Å². The van der Waals surface area contributed by atoms with Crippen LogP contribution in [0.2, 0.25) is 0 Å². The molecule has 4 rings (SSSR count). The number of aryl methyl sites for hydroxylation is 1. The van der Waals surface area contributed by atoms with Gasteiger partial charge in [0, 0.05) is 36.7 Å². The van der Waals surface area contributed by atoms with Gasteiger partial charge in [-0.1, -0.05) is 6.92 Å². The van der Waals surface area contributed by atoms with Gasteiger partial charge in [0.25, 0.3) is 0 Å². The van der Waals surface area contributed by atoms with Crippen molar-refractivity contribution in [2.75, 3.05) is 6.54 Å². The predicted octanol–water partition coefficient (Wildman–Crippen LogP) is 2.30. The fourth-order valence-corrected chi connectivity index (χ4v) is 3.85. The van der Waals surface area contributed by atoms with Gasteiger partial charge in [-0.3, -0.25) is 9.59 Å². The fraction of sp³-hybridized carbons (Fsp3) is 0.381.